The van der Waals surface area contributed by atoms with Crippen molar-refractivity contribution in [1.82, 2.24) is 25.0 Å². The van der Waals surface area contributed by atoms with Gasteiger partial charge in [-0.3, -0.25) is 4.79 Å². The SMILES string of the molecule is CC(=O)N[C@H](Cc1nc([C@@H](C)n2ccnc2)no1)c1ccc(C)cc1. The van der Waals surface area contributed by atoms with Crippen molar-refractivity contribution in [2.75, 3.05) is 0 Å². The molecule has 0 spiro atoms. The van der Waals surface area contributed by atoms with Gasteiger partial charge in [0.25, 0.3) is 0 Å². The summed E-state index contributed by atoms with van der Waals surface area (Å²) in [5, 5.41) is 7.01. The molecular weight excluding hydrogens is 318 g/mol. The molecule has 3 aromatic rings. The maximum absolute atomic E-state index is 11.6. The summed E-state index contributed by atoms with van der Waals surface area (Å²) < 4.78 is 7.30. The number of benzene rings is 1. The minimum Gasteiger partial charge on any atom is -0.349 e. The van der Waals surface area contributed by atoms with E-state index in [4.69, 9.17) is 4.52 Å². The molecule has 7 nitrogen and oxygen atoms in total. The molecule has 130 valence electrons. The van der Waals surface area contributed by atoms with Gasteiger partial charge in [0.05, 0.1) is 24.8 Å². The van der Waals surface area contributed by atoms with Gasteiger partial charge >= 0.3 is 0 Å². The topological polar surface area (TPSA) is 85.8 Å². The lowest BCUT2D eigenvalue weighted by molar-refractivity contribution is -0.119. The van der Waals surface area contributed by atoms with Crippen molar-refractivity contribution in [3.8, 4) is 0 Å². The molecule has 3 rings (SSSR count). The Hall–Kier alpha value is -2.96. The van der Waals surface area contributed by atoms with Gasteiger partial charge in [-0.1, -0.05) is 35.0 Å². The summed E-state index contributed by atoms with van der Waals surface area (Å²) in [6.45, 7) is 5.50. The first-order valence-electron chi connectivity index (χ1n) is 8.16. The lowest BCUT2D eigenvalue weighted by atomic mass is 10.0. The standard InChI is InChI=1S/C18H21N5O2/c1-12-4-6-15(7-5-12)16(20-14(3)24)10-17-21-18(22-25-17)13(2)23-9-8-19-11-23/h4-9,11,13,16H,10H2,1-3H3,(H,20,24)/t13-,16-/m1/s1. The van der Waals surface area contributed by atoms with Crippen molar-refractivity contribution in [2.45, 2.75) is 39.3 Å². The van der Waals surface area contributed by atoms with Crippen LogP contribution in [0.3, 0.4) is 0 Å². The van der Waals surface area contributed by atoms with E-state index in [1.165, 1.54) is 12.5 Å². The zero-order valence-corrected chi connectivity index (χ0v) is 14.5. The monoisotopic (exact) mass is 339 g/mol. The van der Waals surface area contributed by atoms with Crippen molar-refractivity contribution < 1.29 is 9.32 Å². The number of aryl methyl sites for hydroxylation is 1. The minimum absolute atomic E-state index is 0.0707. The number of aromatic nitrogens is 4. The van der Waals surface area contributed by atoms with Crippen LogP contribution < -0.4 is 5.32 Å². The molecule has 1 N–H and O–H groups in total. The summed E-state index contributed by atoms with van der Waals surface area (Å²) in [7, 11) is 0. The van der Waals surface area contributed by atoms with Crippen molar-refractivity contribution in [3.05, 3.63) is 65.8 Å². The summed E-state index contributed by atoms with van der Waals surface area (Å²) in [5.41, 5.74) is 2.17. The summed E-state index contributed by atoms with van der Waals surface area (Å²) in [6, 6.07) is 7.76. The molecule has 2 aromatic heterocycles. The van der Waals surface area contributed by atoms with E-state index in [0.717, 1.165) is 5.56 Å². The molecule has 0 aliphatic heterocycles. The Morgan fingerprint density at radius 3 is 2.72 bits per heavy atom. The maximum Gasteiger partial charge on any atom is 0.229 e. The highest BCUT2D eigenvalue weighted by Crippen LogP contribution is 2.20. The molecule has 0 fully saturated rings. The van der Waals surface area contributed by atoms with Crippen LogP contribution in [0.25, 0.3) is 0 Å². The number of carbonyl (C=O) groups is 1. The second-order valence-corrected chi connectivity index (χ2v) is 6.10. The third-order valence-corrected chi connectivity index (χ3v) is 4.07. The zero-order chi connectivity index (χ0) is 17.8. The molecule has 7 heteroatoms. The van der Waals surface area contributed by atoms with Gasteiger partial charge in [-0.05, 0) is 19.4 Å². The number of rotatable bonds is 6. The van der Waals surface area contributed by atoms with E-state index in [-0.39, 0.29) is 18.0 Å². The molecule has 0 aliphatic rings. The van der Waals surface area contributed by atoms with Gasteiger partial charge in [0.1, 0.15) is 0 Å². The highest BCUT2D eigenvalue weighted by Gasteiger charge is 2.20. The lowest BCUT2D eigenvalue weighted by Gasteiger charge is -2.16. The minimum atomic E-state index is -0.213. The molecule has 1 amide bonds. The predicted octanol–water partition coefficient (Wildman–Crippen LogP) is 2.60. The quantitative estimate of drug-likeness (QED) is 0.746. The van der Waals surface area contributed by atoms with E-state index >= 15 is 0 Å². The molecule has 0 aliphatic carbocycles. The molecule has 25 heavy (non-hydrogen) atoms. The first kappa shape index (κ1) is 16.9. The summed E-state index contributed by atoms with van der Waals surface area (Å²) in [5.74, 6) is 0.969. The lowest BCUT2D eigenvalue weighted by Crippen LogP contribution is -2.27. The van der Waals surface area contributed by atoms with Crippen molar-refractivity contribution in [2.24, 2.45) is 0 Å². The predicted molar refractivity (Wildman–Crippen MR) is 91.8 cm³/mol. The third-order valence-electron chi connectivity index (χ3n) is 4.07. The average molecular weight is 339 g/mol. The van der Waals surface area contributed by atoms with Gasteiger partial charge in [-0.15, -0.1) is 0 Å². The second-order valence-electron chi connectivity index (χ2n) is 6.10. The third kappa shape index (κ3) is 4.12. The molecule has 2 atom stereocenters. The van der Waals surface area contributed by atoms with Gasteiger partial charge in [0.2, 0.25) is 11.8 Å². The normalized spacial score (nSPS) is 13.4. The van der Waals surface area contributed by atoms with Crippen LogP contribution in [0.4, 0.5) is 0 Å². The molecule has 0 bridgehead atoms. The first-order valence-corrected chi connectivity index (χ1v) is 8.16. The molecule has 0 unspecified atom stereocenters. The van der Waals surface area contributed by atoms with Crippen LogP contribution in [0.2, 0.25) is 0 Å². The molecule has 2 heterocycles. The molecular formula is C18H21N5O2. The van der Waals surface area contributed by atoms with E-state index in [9.17, 15) is 4.79 Å². The molecule has 0 saturated carbocycles. The van der Waals surface area contributed by atoms with Crippen molar-refractivity contribution in [3.63, 3.8) is 0 Å². The van der Waals surface area contributed by atoms with Gasteiger partial charge in [-0.25, -0.2) is 4.98 Å². The molecule has 0 radical (unpaired) electrons. The number of amides is 1. The van der Waals surface area contributed by atoms with Crippen LogP contribution in [0.15, 0.2) is 47.5 Å². The van der Waals surface area contributed by atoms with Gasteiger partial charge in [-0.2, -0.15) is 4.98 Å². The second kappa shape index (κ2) is 7.29. The Bertz CT molecular complexity index is 824. The number of imidazole rings is 1. The molecule has 1 aromatic carbocycles. The van der Waals surface area contributed by atoms with Gasteiger partial charge in [0.15, 0.2) is 5.82 Å². The van der Waals surface area contributed by atoms with Crippen LogP contribution in [-0.4, -0.2) is 25.6 Å². The smallest absolute Gasteiger partial charge is 0.229 e. The molecule has 0 saturated heterocycles. The van der Waals surface area contributed by atoms with E-state index < -0.39 is 0 Å². The number of nitrogens with one attached hydrogen (secondary N) is 1. The number of hydrogen-bond donors (Lipinski definition) is 1. The van der Waals surface area contributed by atoms with Crippen LogP contribution in [0.5, 0.6) is 0 Å². The van der Waals surface area contributed by atoms with Crippen molar-refractivity contribution in [1.29, 1.82) is 0 Å². The Labute approximate surface area is 146 Å². The van der Waals surface area contributed by atoms with Gasteiger partial charge in [0, 0.05) is 19.3 Å². The van der Waals surface area contributed by atoms with Crippen molar-refractivity contribution >= 4 is 5.91 Å². The Morgan fingerprint density at radius 1 is 1.32 bits per heavy atom. The van der Waals surface area contributed by atoms with E-state index in [0.29, 0.717) is 18.1 Å². The maximum atomic E-state index is 11.6. The zero-order valence-electron chi connectivity index (χ0n) is 14.5. The number of carbonyl (C=O) groups excluding carboxylic acids is 1. The fourth-order valence-electron chi connectivity index (χ4n) is 2.62. The van der Waals surface area contributed by atoms with Crippen LogP contribution in [0, 0.1) is 6.92 Å². The van der Waals surface area contributed by atoms with E-state index in [1.54, 1.807) is 12.5 Å². The van der Waals surface area contributed by atoms with Crippen LogP contribution in [-0.2, 0) is 11.2 Å². The first-order chi connectivity index (χ1) is 12.0. The van der Waals surface area contributed by atoms with Gasteiger partial charge < -0.3 is 14.4 Å². The Kier molecular flexibility index (Phi) is 4.92. The van der Waals surface area contributed by atoms with E-state index in [1.807, 2.05) is 48.9 Å². The summed E-state index contributed by atoms with van der Waals surface area (Å²) in [4.78, 5) is 20.1. The fourth-order valence-corrected chi connectivity index (χ4v) is 2.62. The Morgan fingerprint density at radius 2 is 2.08 bits per heavy atom. The number of hydrogen-bond acceptors (Lipinski definition) is 5. The van der Waals surface area contributed by atoms with E-state index in [2.05, 4.69) is 20.4 Å². The van der Waals surface area contributed by atoms with Crippen LogP contribution in [0.1, 0.15) is 48.8 Å². The largest absolute Gasteiger partial charge is 0.349 e. The Balaban J connectivity index is 1.78. The highest BCUT2D eigenvalue weighted by molar-refractivity contribution is 5.73. The highest BCUT2D eigenvalue weighted by atomic mass is 16.5. The summed E-state index contributed by atoms with van der Waals surface area (Å²) >= 11 is 0. The fraction of sp³-hybridized carbons (Fsp3) is 0.333. The summed E-state index contributed by atoms with van der Waals surface area (Å²) in [6.07, 6.45) is 5.72. The van der Waals surface area contributed by atoms with Crippen LogP contribution >= 0.6 is 0 Å². The average Bonchev–Trinajstić information content (AvgIpc) is 3.26. The number of nitrogens with zero attached hydrogens (tertiary/aromatic N) is 4.